The van der Waals surface area contributed by atoms with Gasteiger partial charge in [-0.15, -0.1) is 0 Å². The molecule has 0 radical (unpaired) electrons. The number of hydrogen-bond donors (Lipinski definition) is 2. The zero-order valence-electron chi connectivity index (χ0n) is 16.8. The second kappa shape index (κ2) is 8.04. The quantitative estimate of drug-likeness (QED) is 0.326. The Morgan fingerprint density at radius 1 is 1.00 bits per heavy atom. The van der Waals surface area contributed by atoms with Crippen LogP contribution in [0, 0.1) is 0 Å². The number of rotatable bonds is 5. The van der Waals surface area contributed by atoms with E-state index < -0.39 is 6.29 Å². The zero-order valence-corrected chi connectivity index (χ0v) is 17.5. The van der Waals surface area contributed by atoms with E-state index >= 15 is 0 Å². The van der Waals surface area contributed by atoms with Gasteiger partial charge < -0.3 is 19.7 Å². The van der Waals surface area contributed by atoms with Crippen LogP contribution in [0.4, 0.5) is 11.4 Å². The molecule has 0 saturated heterocycles. The summed E-state index contributed by atoms with van der Waals surface area (Å²) in [7, 11) is 1.45. The molecule has 0 aliphatic heterocycles. The van der Waals surface area contributed by atoms with Gasteiger partial charge in [0.1, 0.15) is 0 Å². The summed E-state index contributed by atoms with van der Waals surface area (Å²) in [4.78, 5) is 4.58. The third-order valence-corrected chi connectivity index (χ3v) is 5.56. The Morgan fingerprint density at radius 2 is 1.87 bits per heavy atom. The molecule has 5 nitrogen and oxygen atoms in total. The number of para-hydroxylation sites is 1. The predicted molar refractivity (Wildman–Crippen MR) is 125 cm³/mol. The van der Waals surface area contributed by atoms with E-state index in [1.54, 1.807) is 12.1 Å². The summed E-state index contributed by atoms with van der Waals surface area (Å²) in [5, 5.41) is 16.2. The van der Waals surface area contributed by atoms with E-state index in [9.17, 15) is 5.11 Å². The standard InChI is InChI=1S/C25H20ClN3O2/c1-31-25(30)21-14-18(26)6-8-23(21)28-19-7-9-24-17(12-19)10-11-29(24)20-13-16-4-2-3-5-22(16)27-15-20/h2-15,25,28,30H,1H3. The molecule has 0 aliphatic rings. The van der Waals surface area contributed by atoms with Crippen LogP contribution in [0.15, 0.2) is 85.2 Å². The van der Waals surface area contributed by atoms with Crippen LogP contribution in [0.5, 0.6) is 0 Å². The normalized spacial score (nSPS) is 12.4. The Balaban J connectivity index is 1.50. The first-order valence-electron chi connectivity index (χ1n) is 9.86. The lowest BCUT2D eigenvalue weighted by molar-refractivity contribution is -0.0764. The van der Waals surface area contributed by atoms with Crippen LogP contribution in [-0.4, -0.2) is 21.8 Å². The molecule has 0 bridgehead atoms. The average Bonchev–Trinajstić information content (AvgIpc) is 3.22. The summed E-state index contributed by atoms with van der Waals surface area (Å²) in [6.45, 7) is 0. The molecule has 5 rings (SSSR count). The smallest absolute Gasteiger partial charge is 0.182 e. The molecule has 154 valence electrons. The molecule has 1 unspecified atom stereocenters. The lowest BCUT2D eigenvalue weighted by Gasteiger charge is -2.16. The maximum Gasteiger partial charge on any atom is 0.182 e. The third kappa shape index (κ3) is 3.75. The zero-order chi connectivity index (χ0) is 21.4. The molecule has 0 spiro atoms. The maximum atomic E-state index is 10.2. The monoisotopic (exact) mass is 429 g/mol. The van der Waals surface area contributed by atoms with Crippen LogP contribution in [0.1, 0.15) is 11.9 Å². The second-order valence-corrected chi connectivity index (χ2v) is 7.73. The number of anilines is 2. The summed E-state index contributed by atoms with van der Waals surface area (Å²) in [5.41, 5.74) is 5.28. The highest BCUT2D eigenvalue weighted by molar-refractivity contribution is 6.30. The molecule has 0 amide bonds. The number of aliphatic hydroxyl groups is 1. The van der Waals surface area contributed by atoms with E-state index in [0.717, 1.165) is 38.9 Å². The van der Waals surface area contributed by atoms with Crippen LogP contribution in [-0.2, 0) is 4.74 Å². The molecule has 31 heavy (non-hydrogen) atoms. The minimum absolute atomic E-state index is 0.535. The number of nitrogens with one attached hydrogen (secondary N) is 1. The Morgan fingerprint density at radius 3 is 2.74 bits per heavy atom. The first kappa shape index (κ1) is 19.6. The number of benzene rings is 3. The lowest BCUT2D eigenvalue weighted by atomic mass is 10.1. The van der Waals surface area contributed by atoms with Gasteiger partial charge in [-0.25, -0.2) is 0 Å². The second-order valence-electron chi connectivity index (χ2n) is 7.29. The van der Waals surface area contributed by atoms with Gasteiger partial charge in [-0.3, -0.25) is 4.98 Å². The van der Waals surface area contributed by atoms with Crippen molar-refractivity contribution in [2.45, 2.75) is 6.29 Å². The Bertz CT molecular complexity index is 1400. The Kier molecular flexibility index (Phi) is 5.08. The predicted octanol–water partition coefficient (Wildman–Crippen LogP) is 6.21. The fourth-order valence-corrected chi connectivity index (χ4v) is 3.95. The number of pyridine rings is 1. The molecule has 2 heterocycles. The van der Waals surface area contributed by atoms with Gasteiger partial charge in [0.05, 0.1) is 22.9 Å². The highest BCUT2D eigenvalue weighted by Crippen LogP contribution is 2.31. The molecule has 2 aromatic heterocycles. The maximum absolute atomic E-state index is 10.2. The molecule has 0 aliphatic carbocycles. The van der Waals surface area contributed by atoms with Crippen molar-refractivity contribution in [2.24, 2.45) is 0 Å². The first-order valence-corrected chi connectivity index (χ1v) is 10.2. The SMILES string of the molecule is COC(O)c1cc(Cl)ccc1Nc1ccc2c(ccn2-c2cnc3ccccc3c2)c1. The van der Waals surface area contributed by atoms with Crippen molar-refractivity contribution in [3.05, 3.63) is 95.8 Å². The number of aromatic nitrogens is 2. The minimum Gasteiger partial charge on any atom is -0.364 e. The highest BCUT2D eigenvalue weighted by Gasteiger charge is 2.13. The van der Waals surface area contributed by atoms with Crippen molar-refractivity contribution in [3.8, 4) is 5.69 Å². The minimum atomic E-state index is -1.06. The first-order chi connectivity index (χ1) is 15.1. The molecule has 0 saturated carbocycles. The number of hydrogen-bond acceptors (Lipinski definition) is 4. The van der Waals surface area contributed by atoms with E-state index in [0.29, 0.717) is 10.6 Å². The largest absolute Gasteiger partial charge is 0.364 e. The van der Waals surface area contributed by atoms with Crippen molar-refractivity contribution < 1.29 is 9.84 Å². The molecule has 6 heteroatoms. The number of aliphatic hydroxyl groups excluding tert-OH is 1. The molecule has 5 aromatic rings. The van der Waals surface area contributed by atoms with Crippen molar-refractivity contribution >= 4 is 44.8 Å². The van der Waals surface area contributed by atoms with Crippen LogP contribution in [0.25, 0.3) is 27.5 Å². The van der Waals surface area contributed by atoms with Crippen LogP contribution in [0.3, 0.4) is 0 Å². The van der Waals surface area contributed by atoms with E-state index in [1.807, 2.05) is 42.7 Å². The van der Waals surface area contributed by atoms with Gasteiger partial charge in [0.2, 0.25) is 0 Å². The number of methoxy groups -OCH3 is 1. The average molecular weight is 430 g/mol. The molecule has 0 fully saturated rings. The molecule has 2 N–H and O–H groups in total. The van der Waals surface area contributed by atoms with Gasteiger partial charge in [0.15, 0.2) is 6.29 Å². The van der Waals surface area contributed by atoms with Gasteiger partial charge in [-0.1, -0.05) is 29.8 Å². The molecular weight excluding hydrogens is 410 g/mol. The fraction of sp³-hybridized carbons (Fsp3) is 0.0800. The van der Waals surface area contributed by atoms with Gasteiger partial charge in [0, 0.05) is 46.0 Å². The number of fused-ring (bicyclic) bond motifs is 2. The van der Waals surface area contributed by atoms with Crippen molar-refractivity contribution in [2.75, 3.05) is 12.4 Å². The van der Waals surface area contributed by atoms with Gasteiger partial charge in [0.25, 0.3) is 0 Å². The lowest BCUT2D eigenvalue weighted by Crippen LogP contribution is -2.04. The van der Waals surface area contributed by atoms with Crippen LogP contribution < -0.4 is 5.32 Å². The molecule has 3 aromatic carbocycles. The van der Waals surface area contributed by atoms with Crippen molar-refractivity contribution in [1.29, 1.82) is 0 Å². The van der Waals surface area contributed by atoms with E-state index in [1.165, 1.54) is 7.11 Å². The van der Waals surface area contributed by atoms with Crippen LogP contribution in [0.2, 0.25) is 5.02 Å². The van der Waals surface area contributed by atoms with E-state index in [4.69, 9.17) is 16.3 Å². The molecule has 1 atom stereocenters. The van der Waals surface area contributed by atoms with Crippen LogP contribution >= 0.6 is 11.6 Å². The van der Waals surface area contributed by atoms with Gasteiger partial charge >= 0.3 is 0 Å². The van der Waals surface area contributed by atoms with Crippen molar-refractivity contribution in [1.82, 2.24) is 9.55 Å². The fourth-order valence-electron chi connectivity index (χ4n) is 3.77. The van der Waals surface area contributed by atoms with E-state index in [2.05, 4.69) is 45.2 Å². The summed E-state index contributed by atoms with van der Waals surface area (Å²) >= 11 is 6.09. The topological polar surface area (TPSA) is 59.3 Å². The Hall–Kier alpha value is -3.38. The number of halogens is 1. The number of nitrogens with zero attached hydrogens (tertiary/aromatic N) is 2. The third-order valence-electron chi connectivity index (χ3n) is 5.33. The summed E-state index contributed by atoms with van der Waals surface area (Å²) in [6.07, 6.45) is 2.87. The van der Waals surface area contributed by atoms with Gasteiger partial charge in [-0.05, 0) is 54.6 Å². The number of ether oxygens (including phenoxy) is 1. The Labute approximate surface area is 184 Å². The summed E-state index contributed by atoms with van der Waals surface area (Å²) in [6, 6.07) is 23.7. The summed E-state index contributed by atoms with van der Waals surface area (Å²) < 4.78 is 7.20. The van der Waals surface area contributed by atoms with E-state index in [-0.39, 0.29) is 0 Å². The van der Waals surface area contributed by atoms with Crippen molar-refractivity contribution in [3.63, 3.8) is 0 Å². The highest BCUT2D eigenvalue weighted by atomic mass is 35.5. The van der Waals surface area contributed by atoms with Gasteiger partial charge in [-0.2, -0.15) is 0 Å². The molecular formula is C25H20ClN3O2. The summed E-state index contributed by atoms with van der Waals surface area (Å²) in [5.74, 6) is 0.